The molecule has 0 amide bonds. The van der Waals surface area contributed by atoms with Crippen molar-refractivity contribution < 1.29 is 0 Å². The molecule has 29 heavy (non-hydrogen) atoms. The van der Waals surface area contributed by atoms with Crippen LogP contribution in [-0.2, 0) is 12.2 Å². The summed E-state index contributed by atoms with van der Waals surface area (Å²) in [4.78, 5) is 31.0. The molecule has 3 aromatic rings. The van der Waals surface area contributed by atoms with Crippen molar-refractivity contribution in [2.45, 2.75) is 31.3 Å². The van der Waals surface area contributed by atoms with E-state index in [1.54, 1.807) is 30.5 Å². The Kier molecular flexibility index (Phi) is 12.7. The van der Waals surface area contributed by atoms with Gasteiger partial charge < -0.3 is 10.3 Å². The maximum Gasteiger partial charge on any atom is 0.255 e. The van der Waals surface area contributed by atoms with Crippen molar-refractivity contribution >= 4 is 54.9 Å². The van der Waals surface area contributed by atoms with Crippen LogP contribution in [0.4, 0.5) is 5.95 Å². The third-order valence-corrected chi connectivity index (χ3v) is 5.14. The molecule has 0 aromatic carbocycles. The predicted octanol–water partition coefficient (Wildman–Crippen LogP) is 3.79. The smallest absolute Gasteiger partial charge is 0.255 e. The van der Waals surface area contributed by atoms with Gasteiger partial charge in [0.05, 0.1) is 12.0 Å². The molecule has 3 N–H and O–H groups in total. The summed E-state index contributed by atoms with van der Waals surface area (Å²) in [6.07, 6.45) is 5.52. The van der Waals surface area contributed by atoms with Crippen molar-refractivity contribution in [2.24, 2.45) is 0 Å². The number of H-pyrrole nitrogens is 2. The lowest BCUT2D eigenvalue weighted by Gasteiger charge is -2.12. The van der Waals surface area contributed by atoms with Gasteiger partial charge in [0.15, 0.2) is 0 Å². The minimum Gasteiger partial charge on any atom is -0.355 e. The Balaban J connectivity index is 0.00000261. The second-order valence-corrected chi connectivity index (χ2v) is 7.49. The Morgan fingerprint density at radius 3 is 2.59 bits per heavy atom. The zero-order valence-electron chi connectivity index (χ0n) is 16.0. The van der Waals surface area contributed by atoms with E-state index in [0.717, 1.165) is 22.8 Å². The van der Waals surface area contributed by atoms with Crippen LogP contribution in [0.3, 0.4) is 0 Å². The lowest BCUT2D eigenvalue weighted by Crippen LogP contribution is -2.20. The summed E-state index contributed by atoms with van der Waals surface area (Å²) in [7, 11) is 0. The lowest BCUT2D eigenvalue weighted by molar-refractivity contribution is 0.941. The van der Waals surface area contributed by atoms with Gasteiger partial charge in [-0.3, -0.25) is 14.8 Å². The van der Waals surface area contributed by atoms with E-state index in [9.17, 15) is 4.79 Å². The maximum absolute atomic E-state index is 12.2. The van der Waals surface area contributed by atoms with Crippen LogP contribution < -0.4 is 10.9 Å². The number of rotatable bonds is 8. The summed E-state index contributed by atoms with van der Waals surface area (Å²) in [6.45, 7) is 4.86. The number of nitrogens with zero attached hydrogens (tertiary/aromatic N) is 3. The standard InChI is InChI=1S/C18H22N6OS.3ClH/c1-12(26-10-16-13(2)22-11-23-16)8-20-18-21-9-14(17(25)24-18)7-15-5-3-4-6-19-15;;;/h3-6,9,11-12H,7-8,10H2,1-2H3,(H,22,23)(H2,20,21,24,25);3*1H. The highest BCUT2D eigenvalue weighted by Crippen LogP contribution is 2.18. The Bertz CT molecular complexity index is 906. The molecule has 0 saturated heterocycles. The molecule has 3 aromatic heterocycles. The molecule has 0 fully saturated rings. The van der Waals surface area contributed by atoms with E-state index in [1.165, 1.54) is 0 Å². The summed E-state index contributed by atoms with van der Waals surface area (Å²) in [6, 6.07) is 5.65. The molecule has 11 heteroatoms. The minimum atomic E-state index is -0.138. The quantitative estimate of drug-likeness (QED) is 0.454. The van der Waals surface area contributed by atoms with Crippen LogP contribution in [0, 0.1) is 6.92 Å². The van der Waals surface area contributed by atoms with E-state index >= 15 is 0 Å². The molecule has 1 atom stereocenters. The SMILES string of the molecule is Cc1[nH]cnc1CSC(C)CNc1ncc(Cc2ccccn2)c(=O)[nH]1.Cl.Cl.Cl. The average molecular weight is 480 g/mol. The lowest BCUT2D eigenvalue weighted by atomic mass is 10.2. The highest BCUT2D eigenvalue weighted by Gasteiger charge is 2.08. The summed E-state index contributed by atoms with van der Waals surface area (Å²) in [5.74, 6) is 1.34. The number of hydrogen-bond donors (Lipinski definition) is 3. The van der Waals surface area contributed by atoms with Crippen molar-refractivity contribution in [3.8, 4) is 0 Å². The Hall–Kier alpha value is -1.74. The van der Waals surface area contributed by atoms with E-state index in [1.807, 2.05) is 25.1 Å². The fourth-order valence-electron chi connectivity index (χ4n) is 2.39. The first-order valence-electron chi connectivity index (χ1n) is 8.44. The van der Waals surface area contributed by atoms with E-state index in [-0.39, 0.29) is 42.8 Å². The van der Waals surface area contributed by atoms with E-state index in [0.29, 0.717) is 29.7 Å². The van der Waals surface area contributed by atoms with Gasteiger partial charge in [0.25, 0.3) is 5.56 Å². The molecule has 1 unspecified atom stereocenters. The molecule has 0 aliphatic heterocycles. The van der Waals surface area contributed by atoms with Crippen LogP contribution in [0.5, 0.6) is 0 Å². The summed E-state index contributed by atoms with van der Waals surface area (Å²) >= 11 is 1.80. The molecule has 0 spiro atoms. The van der Waals surface area contributed by atoms with Gasteiger partial charge in [-0.1, -0.05) is 13.0 Å². The number of aromatic nitrogens is 5. The van der Waals surface area contributed by atoms with Crippen LogP contribution in [-0.4, -0.2) is 36.7 Å². The van der Waals surface area contributed by atoms with Crippen LogP contribution in [0.1, 0.15) is 29.6 Å². The number of hydrogen-bond acceptors (Lipinski definition) is 6. The fourth-order valence-corrected chi connectivity index (χ4v) is 3.32. The number of halogens is 3. The number of pyridine rings is 1. The van der Waals surface area contributed by atoms with Crippen LogP contribution in [0.25, 0.3) is 0 Å². The molecule has 7 nitrogen and oxygen atoms in total. The van der Waals surface area contributed by atoms with E-state index in [2.05, 4.69) is 37.2 Å². The van der Waals surface area contributed by atoms with Crippen LogP contribution in [0.2, 0.25) is 0 Å². The first kappa shape index (κ1) is 27.3. The number of aromatic amines is 2. The third kappa shape index (κ3) is 8.26. The highest BCUT2D eigenvalue weighted by molar-refractivity contribution is 7.99. The Labute approximate surface area is 192 Å². The Morgan fingerprint density at radius 2 is 1.97 bits per heavy atom. The summed E-state index contributed by atoms with van der Waals surface area (Å²) in [5.41, 5.74) is 3.49. The first-order chi connectivity index (χ1) is 12.6. The van der Waals surface area contributed by atoms with Gasteiger partial charge >= 0.3 is 0 Å². The number of imidazole rings is 1. The molecule has 0 aliphatic carbocycles. The molecular formula is C18H25Cl3N6OS. The normalized spacial score (nSPS) is 10.8. The number of aryl methyl sites for hydroxylation is 1. The highest BCUT2D eigenvalue weighted by atomic mass is 35.5. The largest absolute Gasteiger partial charge is 0.355 e. The van der Waals surface area contributed by atoms with Gasteiger partial charge in [0, 0.05) is 53.3 Å². The zero-order chi connectivity index (χ0) is 18.4. The first-order valence-corrected chi connectivity index (χ1v) is 9.49. The molecule has 0 aliphatic rings. The van der Waals surface area contributed by atoms with E-state index in [4.69, 9.17) is 0 Å². The monoisotopic (exact) mass is 478 g/mol. The van der Waals surface area contributed by atoms with Gasteiger partial charge in [0.2, 0.25) is 5.95 Å². The molecule has 0 bridgehead atoms. The molecular weight excluding hydrogens is 455 g/mol. The van der Waals surface area contributed by atoms with Crippen molar-refractivity contribution in [3.05, 3.63) is 69.9 Å². The van der Waals surface area contributed by atoms with Crippen LogP contribution in [0.15, 0.2) is 41.7 Å². The van der Waals surface area contributed by atoms with Crippen molar-refractivity contribution in [2.75, 3.05) is 11.9 Å². The van der Waals surface area contributed by atoms with Gasteiger partial charge in [-0.05, 0) is 19.1 Å². The summed E-state index contributed by atoms with van der Waals surface area (Å²) in [5, 5.41) is 3.54. The second kappa shape index (κ2) is 13.5. The maximum atomic E-state index is 12.2. The minimum absolute atomic E-state index is 0. The van der Waals surface area contributed by atoms with Gasteiger partial charge in [0.1, 0.15) is 0 Å². The third-order valence-electron chi connectivity index (χ3n) is 3.97. The topological polar surface area (TPSA) is 99.3 Å². The van der Waals surface area contributed by atoms with Gasteiger partial charge in [-0.25, -0.2) is 9.97 Å². The predicted molar refractivity (Wildman–Crippen MR) is 126 cm³/mol. The van der Waals surface area contributed by atoms with Crippen molar-refractivity contribution in [3.63, 3.8) is 0 Å². The zero-order valence-corrected chi connectivity index (χ0v) is 19.3. The van der Waals surface area contributed by atoms with E-state index < -0.39 is 0 Å². The Morgan fingerprint density at radius 1 is 1.17 bits per heavy atom. The van der Waals surface area contributed by atoms with Gasteiger partial charge in [-0.15, -0.1) is 37.2 Å². The molecule has 3 heterocycles. The average Bonchev–Trinajstić information content (AvgIpc) is 3.06. The second-order valence-electron chi connectivity index (χ2n) is 6.06. The molecule has 160 valence electrons. The molecule has 0 saturated carbocycles. The fraction of sp³-hybridized carbons (Fsp3) is 0.333. The van der Waals surface area contributed by atoms with Crippen molar-refractivity contribution in [1.29, 1.82) is 0 Å². The van der Waals surface area contributed by atoms with Crippen molar-refractivity contribution in [1.82, 2.24) is 24.9 Å². The van der Waals surface area contributed by atoms with Gasteiger partial charge in [-0.2, -0.15) is 11.8 Å². The number of thioether (sulfide) groups is 1. The molecule has 3 rings (SSSR count). The molecule has 0 radical (unpaired) electrons. The number of nitrogens with one attached hydrogen (secondary N) is 3. The number of anilines is 1. The van der Waals surface area contributed by atoms with Crippen LogP contribution >= 0.6 is 49.0 Å². The summed E-state index contributed by atoms with van der Waals surface area (Å²) < 4.78 is 0.